The molecule has 70 valence electrons. The van der Waals surface area contributed by atoms with Crippen molar-refractivity contribution in [3.63, 3.8) is 0 Å². The molecule has 2 unspecified atom stereocenters. The van der Waals surface area contributed by atoms with E-state index in [1.807, 2.05) is 0 Å². The van der Waals surface area contributed by atoms with Crippen LogP contribution in [-0.2, 0) is 4.79 Å². The predicted octanol–water partition coefficient (Wildman–Crippen LogP) is 0.611. The molecule has 0 aromatic heterocycles. The van der Waals surface area contributed by atoms with Crippen LogP contribution in [0.3, 0.4) is 0 Å². The molecule has 0 aromatic carbocycles. The van der Waals surface area contributed by atoms with Crippen LogP contribution in [-0.4, -0.2) is 40.4 Å². The lowest BCUT2D eigenvalue weighted by Crippen LogP contribution is -2.31. The van der Waals surface area contributed by atoms with Crippen molar-refractivity contribution < 1.29 is 9.90 Å². The molecule has 1 aliphatic rings. The fourth-order valence-corrected chi connectivity index (χ4v) is 1.85. The zero-order valence-electron chi connectivity index (χ0n) is 7.16. The highest BCUT2D eigenvalue weighted by Gasteiger charge is 2.28. The van der Waals surface area contributed by atoms with E-state index < -0.39 is 0 Å². The quantitative estimate of drug-likeness (QED) is 0.713. The van der Waals surface area contributed by atoms with Gasteiger partial charge in [0, 0.05) is 19.0 Å². The van der Waals surface area contributed by atoms with Gasteiger partial charge in [0.1, 0.15) is 0 Å². The smallest absolute Gasteiger partial charge is 0.233 e. The van der Waals surface area contributed by atoms with Crippen LogP contribution >= 0.6 is 15.9 Å². The van der Waals surface area contributed by atoms with Gasteiger partial charge < -0.3 is 10.0 Å². The van der Waals surface area contributed by atoms with E-state index in [9.17, 15) is 9.90 Å². The Bertz CT molecular complexity index is 172. The topological polar surface area (TPSA) is 40.5 Å². The number of hydrogen-bond donors (Lipinski definition) is 1. The molecule has 0 bridgehead atoms. The maximum atomic E-state index is 11.2. The van der Waals surface area contributed by atoms with Crippen LogP contribution < -0.4 is 0 Å². The minimum atomic E-state index is -0.293. The number of carbonyl (C=O) groups is 1. The second-order valence-corrected chi connectivity index (χ2v) is 3.82. The Kier molecular flexibility index (Phi) is 3.53. The fourth-order valence-electron chi connectivity index (χ4n) is 1.49. The van der Waals surface area contributed by atoms with E-state index in [0.29, 0.717) is 11.9 Å². The number of hydrogen-bond acceptors (Lipinski definition) is 2. The molecule has 0 aliphatic carbocycles. The first kappa shape index (κ1) is 9.99. The van der Waals surface area contributed by atoms with Gasteiger partial charge in [-0.2, -0.15) is 0 Å². The van der Waals surface area contributed by atoms with E-state index in [2.05, 4.69) is 15.9 Å². The summed E-state index contributed by atoms with van der Waals surface area (Å²) in [5.41, 5.74) is 0. The van der Waals surface area contributed by atoms with Crippen LogP contribution in [0.25, 0.3) is 0 Å². The number of likely N-dealkylation sites (tertiary alicyclic amines) is 1. The number of carbonyl (C=O) groups excluding carboxylic acids is 1. The van der Waals surface area contributed by atoms with Crippen LogP contribution in [0.5, 0.6) is 0 Å². The predicted molar refractivity (Wildman–Crippen MR) is 50.2 cm³/mol. The van der Waals surface area contributed by atoms with Crippen molar-refractivity contribution in [3.05, 3.63) is 0 Å². The molecule has 1 fully saturated rings. The second kappa shape index (κ2) is 4.23. The summed E-state index contributed by atoms with van der Waals surface area (Å²) in [5.74, 6) is 0.395. The zero-order valence-corrected chi connectivity index (χ0v) is 8.75. The largest absolute Gasteiger partial charge is 0.393 e. The van der Waals surface area contributed by atoms with E-state index in [1.54, 1.807) is 11.8 Å². The zero-order chi connectivity index (χ0) is 9.14. The number of nitrogens with zero attached hydrogens (tertiary/aromatic N) is 1. The highest BCUT2D eigenvalue weighted by molar-refractivity contribution is 9.09. The van der Waals surface area contributed by atoms with Crippen molar-refractivity contribution in [2.75, 3.05) is 18.4 Å². The number of alkyl halides is 1. The highest BCUT2D eigenvalue weighted by atomic mass is 79.9. The Labute approximate surface area is 80.9 Å². The fraction of sp³-hybridized carbons (Fsp3) is 0.875. The summed E-state index contributed by atoms with van der Waals surface area (Å²) < 4.78 is 0. The number of rotatable bonds is 2. The van der Waals surface area contributed by atoms with Gasteiger partial charge in [-0.3, -0.25) is 4.79 Å². The summed E-state index contributed by atoms with van der Waals surface area (Å²) in [7, 11) is 0. The molecule has 2 atom stereocenters. The molecule has 0 spiro atoms. The Hall–Kier alpha value is -0.0900. The van der Waals surface area contributed by atoms with Crippen molar-refractivity contribution in [2.45, 2.75) is 19.4 Å². The molecular formula is C8H14BrNO2. The van der Waals surface area contributed by atoms with Crippen molar-refractivity contribution >= 4 is 21.8 Å². The van der Waals surface area contributed by atoms with Gasteiger partial charge in [0.05, 0.1) is 11.4 Å². The monoisotopic (exact) mass is 235 g/mol. The number of amides is 1. The lowest BCUT2D eigenvalue weighted by molar-refractivity contribution is -0.127. The van der Waals surface area contributed by atoms with E-state index in [1.165, 1.54) is 0 Å². The third-order valence-corrected chi connectivity index (χ3v) is 2.85. The third-order valence-electron chi connectivity index (χ3n) is 2.37. The minimum Gasteiger partial charge on any atom is -0.393 e. The van der Waals surface area contributed by atoms with Crippen LogP contribution in [0, 0.1) is 5.92 Å². The first-order valence-corrected chi connectivity index (χ1v) is 5.29. The summed E-state index contributed by atoms with van der Waals surface area (Å²) >= 11 is 3.13. The molecule has 1 aliphatic heterocycles. The Morgan fingerprint density at radius 1 is 1.83 bits per heavy atom. The molecule has 3 nitrogen and oxygen atoms in total. The van der Waals surface area contributed by atoms with Crippen LogP contribution in [0.2, 0.25) is 0 Å². The van der Waals surface area contributed by atoms with E-state index in [4.69, 9.17) is 0 Å². The van der Waals surface area contributed by atoms with Crippen LogP contribution in [0.4, 0.5) is 0 Å². The van der Waals surface area contributed by atoms with E-state index in [-0.39, 0.29) is 17.9 Å². The van der Waals surface area contributed by atoms with Crippen LogP contribution in [0.15, 0.2) is 0 Å². The highest BCUT2D eigenvalue weighted by Crippen LogP contribution is 2.19. The normalized spacial score (nSPS) is 25.9. The standard InChI is InChI=1S/C8H14BrNO2/c1-6(11)7-2-3-10(5-7)8(12)4-9/h6-7,11H,2-5H2,1H3. The maximum Gasteiger partial charge on any atom is 0.233 e. The summed E-state index contributed by atoms with van der Waals surface area (Å²) in [6.45, 7) is 3.29. The van der Waals surface area contributed by atoms with Crippen molar-refractivity contribution in [2.24, 2.45) is 5.92 Å². The minimum absolute atomic E-state index is 0.123. The average molecular weight is 236 g/mol. The third kappa shape index (κ3) is 2.20. The molecule has 12 heavy (non-hydrogen) atoms. The Morgan fingerprint density at radius 2 is 2.50 bits per heavy atom. The summed E-state index contributed by atoms with van der Waals surface area (Å²) in [6, 6.07) is 0. The van der Waals surface area contributed by atoms with Crippen molar-refractivity contribution in [1.29, 1.82) is 0 Å². The first-order valence-electron chi connectivity index (χ1n) is 4.17. The van der Waals surface area contributed by atoms with Gasteiger partial charge in [-0.05, 0) is 13.3 Å². The van der Waals surface area contributed by atoms with Crippen LogP contribution in [0.1, 0.15) is 13.3 Å². The molecule has 0 saturated carbocycles. The van der Waals surface area contributed by atoms with Gasteiger partial charge in [0.25, 0.3) is 0 Å². The Balaban J connectivity index is 2.40. The number of aliphatic hydroxyl groups excluding tert-OH is 1. The lowest BCUT2D eigenvalue weighted by Gasteiger charge is -2.16. The number of aliphatic hydroxyl groups is 1. The van der Waals surface area contributed by atoms with E-state index in [0.717, 1.165) is 13.0 Å². The molecule has 0 radical (unpaired) electrons. The second-order valence-electron chi connectivity index (χ2n) is 3.26. The van der Waals surface area contributed by atoms with Gasteiger partial charge in [0.2, 0.25) is 5.91 Å². The summed E-state index contributed by atoms with van der Waals surface area (Å²) in [4.78, 5) is 13.0. The van der Waals surface area contributed by atoms with Gasteiger partial charge in [-0.15, -0.1) is 0 Å². The summed E-state index contributed by atoms with van der Waals surface area (Å²) in [6.07, 6.45) is 0.634. The van der Waals surface area contributed by atoms with Crippen molar-refractivity contribution in [1.82, 2.24) is 4.90 Å². The molecule has 1 saturated heterocycles. The summed E-state index contributed by atoms with van der Waals surface area (Å²) in [5, 5.41) is 9.66. The van der Waals surface area contributed by atoms with Gasteiger partial charge >= 0.3 is 0 Å². The molecule has 1 heterocycles. The SMILES string of the molecule is CC(O)C1CCN(C(=O)CBr)C1. The van der Waals surface area contributed by atoms with Crippen molar-refractivity contribution in [3.8, 4) is 0 Å². The molecule has 1 N–H and O–H groups in total. The Morgan fingerprint density at radius 3 is 2.92 bits per heavy atom. The van der Waals surface area contributed by atoms with Gasteiger partial charge in [0.15, 0.2) is 0 Å². The molecular weight excluding hydrogens is 222 g/mol. The first-order chi connectivity index (χ1) is 5.65. The van der Waals surface area contributed by atoms with Gasteiger partial charge in [-0.25, -0.2) is 0 Å². The number of halogens is 1. The molecule has 1 amide bonds. The molecule has 1 rings (SSSR count). The lowest BCUT2D eigenvalue weighted by atomic mass is 10.0. The van der Waals surface area contributed by atoms with Gasteiger partial charge in [-0.1, -0.05) is 15.9 Å². The average Bonchev–Trinajstić information content (AvgIpc) is 2.51. The maximum absolute atomic E-state index is 11.2. The van der Waals surface area contributed by atoms with E-state index >= 15 is 0 Å². The molecule has 4 heteroatoms. The molecule has 0 aromatic rings.